The number of rotatable bonds is 6. The van der Waals surface area contributed by atoms with Crippen LogP contribution >= 0.6 is 0 Å². The van der Waals surface area contributed by atoms with Crippen LogP contribution in [0.5, 0.6) is 0 Å². The number of benzene rings is 2. The Hall–Kier alpha value is -4.09. The highest BCUT2D eigenvalue weighted by Crippen LogP contribution is 2.55. The normalized spacial score (nSPS) is 18.8. The van der Waals surface area contributed by atoms with Gasteiger partial charge in [-0.2, -0.15) is 26.3 Å². The molecule has 4 aromatic rings. The Morgan fingerprint density at radius 3 is 2.29 bits per heavy atom. The largest absolute Gasteiger partial charge is 0.417 e. The smallest absolute Gasteiger partial charge is 0.371 e. The second-order valence-corrected chi connectivity index (χ2v) is 12.8. The quantitative estimate of drug-likeness (QED) is 0.218. The first-order chi connectivity index (χ1) is 21.3. The highest BCUT2D eigenvalue weighted by atomic mass is 19.4. The fourth-order valence-electron chi connectivity index (χ4n) is 7.35. The molecular formula is C33H30F6N4O2. The summed E-state index contributed by atoms with van der Waals surface area (Å²) in [6, 6.07) is 10.9. The molecule has 2 N–H and O–H groups in total. The van der Waals surface area contributed by atoms with E-state index in [2.05, 4.69) is 15.0 Å². The van der Waals surface area contributed by atoms with Gasteiger partial charge in [0.15, 0.2) is 0 Å². The molecule has 6 nitrogen and oxygen atoms in total. The Labute approximate surface area is 254 Å². The monoisotopic (exact) mass is 628 g/mol. The van der Waals surface area contributed by atoms with Crippen molar-refractivity contribution in [1.29, 1.82) is 0 Å². The molecule has 3 aliphatic rings. The third-order valence-electron chi connectivity index (χ3n) is 9.73. The van der Waals surface area contributed by atoms with Crippen molar-refractivity contribution < 1.29 is 35.7 Å². The number of piperidine rings is 1. The van der Waals surface area contributed by atoms with Gasteiger partial charge in [-0.05, 0) is 86.6 Å². The number of carbonyl (C=O) groups is 1. The summed E-state index contributed by atoms with van der Waals surface area (Å²) in [5, 5.41) is 4.07. The lowest BCUT2D eigenvalue weighted by Gasteiger charge is -2.53. The van der Waals surface area contributed by atoms with E-state index in [1.54, 1.807) is 12.1 Å². The van der Waals surface area contributed by atoms with Crippen molar-refractivity contribution in [2.45, 2.75) is 63.2 Å². The standard InChI is InChI=1S/C33H30F6N4O2/c34-32(35,36)24-4-2-1-3-21(24)28-23(29(45-42-28)19-5-6-19)13-18-16-31(17-18)9-11-43(12-10-31)20-7-8-26-22(14-20)25(33(37,38)39)15-27(41-26)30(40)44/h1-4,7-8,14-15,18-19H,5-6,9-13,16-17H2,(H2,40,44). The Bertz CT molecular complexity index is 1780. The predicted octanol–water partition coefficient (Wildman–Crippen LogP) is 8.14. The van der Waals surface area contributed by atoms with Crippen LogP contribution in [0.1, 0.15) is 77.4 Å². The van der Waals surface area contributed by atoms with Crippen LogP contribution in [0, 0.1) is 11.3 Å². The number of aromatic nitrogens is 2. The van der Waals surface area contributed by atoms with Gasteiger partial charge < -0.3 is 15.2 Å². The van der Waals surface area contributed by atoms with Crippen molar-refractivity contribution >= 4 is 22.5 Å². The van der Waals surface area contributed by atoms with Crippen LogP contribution in [-0.2, 0) is 18.8 Å². The van der Waals surface area contributed by atoms with Crippen molar-refractivity contribution in [2.24, 2.45) is 17.1 Å². The van der Waals surface area contributed by atoms with E-state index >= 15 is 0 Å². The highest BCUT2D eigenvalue weighted by Gasteiger charge is 2.47. The van der Waals surface area contributed by atoms with E-state index in [0.29, 0.717) is 37.0 Å². The molecule has 0 atom stereocenters. The molecule has 1 spiro atoms. The minimum absolute atomic E-state index is 0.0445. The molecule has 7 rings (SSSR count). The fourth-order valence-corrected chi connectivity index (χ4v) is 7.35. The van der Waals surface area contributed by atoms with E-state index in [-0.39, 0.29) is 39.4 Å². The van der Waals surface area contributed by atoms with Gasteiger partial charge in [0.1, 0.15) is 17.1 Å². The number of fused-ring (bicyclic) bond motifs is 1. The number of hydrogen-bond acceptors (Lipinski definition) is 5. The van der Waals surface area contributed by atoms with Crippen molar-refractivity contribution in [3.8, 4) is 11.3 Å². The maximum Gasteiger partial charge on any atom is 0.417 e. The number of nitrogens with two attached hydrogens (primary N) is 1. The molecule has 2 saturated carbocycles. The zero-order valence-electron chi connectivity index (χ0n) is 24.1. The van der Waals surface area contributed by atoms with Crippen LogP contribution in [0.15, 0.2) is 53.1 Å². The summed E-state index contributed by atoms with van der Waals surface area (Å²) in [5.74, 6) is 0.172. The van der Waals surface area contributed by atoms with Gasteiger partial charge >= 0.3 is 12.4 Å². The van der Waals surface area contributed by atoms with Gasteiger partial charge in [0.05, 0.1) is 16.6 Å². The lowest BCUT2D eigenvalue weighted by atomic mass is 9.56. The SMILES string of the molecule is NC(=O)c1cc(C(F)(F)F)c2cc(N3CCC4(CC3)CC(Cc3c(-c5ccccc5C(F)(F)F)noc3C3CC3)C4)ccc2n1. The summed E-state index contributed by atoms with van der Waals surface area (Å²) in [6.07, 6.45) is -3.15. The zero-order valence-corrected chi connectivity index (χ0v) is 24.1. The lowest BCUT2D eigenvalue weighted by Crippen LogP contribution is -2.47. The molecule has 3 heterocycles. The topological polar surface area (TPSA) is 85.3 Å². The average Bonchev–Trinajstić information content (AvgIpc) is 3.74. The molecule has 1 amide bonds. The van der Waals surface area contributed by atoms with E-state index in [1.807, 2.05) is 0 Å². The molecule has 2 aliphatic carbocycles. The van der Waals surface area contributed by atoms with E-state index in [9.17, 15) is 31.1 Å². The highest BCUT2D eigenvalue weighted by molar-refractivity contribution is 5.96. The molecule has 1 aliphatic heterocycles. The first-order valence-corrected chi connectivity index (χ1v) is 15.0. The number of pyridine rings is 1. The lowest BCUT2D eigenvalue weighted by molar-refractivity contribution is -0.137. The van der Waals surface area contributed by atoms with Crippen molar-refractivity contribution in [3.05, 3.63) is 76.7 Å². The van der Waals surface area contributed by atoms with Gasteiger partial charge in [-0.25, -0.2) is 4.98 Å². The molecule has 0 unspecified atom stereocenters. The van der Waals surface area contributed by atoms with Gasteiger partial charge in [0.2, 0.25) is 0 Å². The van der Waals surface area contributed by atoms with Gasteiger partial charge in [-0.15, -0.1) is 0 Å². The van der Waals surface area contributed by atoms with E-state index in [0.717, 1.165) is 50.2 Å². The van der Waals surface area contributed by atoms with Gasteiger partial charge in [-0.3, -0.25) is 4.79 Å². The number of anilines is 1. The summed E-state index contributed by atoms with van der Waals surface area (Å²) in [4.78, 5) is 17.6. The number of nitrogens with zero attached hydrogens (tertiary/aromatic N) is 3. The minimum Gasteiger partial charge on any atom is -0.371 e. The van der Waals surface area contributed by atoms with Crippen molar-refractivity contribution in [1.82, 2.24) is 10.1 Å². The van der Waals surface area contributed by atoms with Crippen LogP contribution < -0.4 is 10.6 Å². The van der Waals surface area contributed by atoms with Crippen LogP contribution in [0.4, 0.5) is 32.0 Å². The molecule has 2 aromatic heterocycles. The van der Waals surface area contributed by atoms with Gasteiger partial charge in [0.25, 0.3) is 5.91 Å². The second kappa shape index (κ2) is 10.5. The molecule has 1 saturated heterocycles. The van der Waals surface area contributed by atoms with Crippen LogP contribution in [0.2, 0.25) is 0 Å². The van der Waals surface area contributed by atoms with Crippen molar-refractivity contribution in [2.75, 3.05) is 18.0 Å². The number of alkyl halides is 6. The third kappa shape index (κ3) is 5.52. The van der Waals surface area contributed by atoms with Crippen molar-refractivity contribution in [3.63, 3.8) is 0 Å². The zero-order chi connectivity index (χ0) is 31.7. The van der Waals surface area contributed by atoms with E-state index < -0.39 is 35.1 Å². The maximum atomic E-state index is 13.9. The Balaban J connectivity index is 1.06. The van der Waals surface area contributed by atoms with Crippen LogP contribution in [-0.4, -0.2) is 29.1 Å². The van der Waals surface area contributed by atoms with Crippen LogP contribution in [0.3, 0.4) is 0 Å². The Morgan fingerprint density at radius 1 is 0.956 bits per heavy atom. The number of amides is 1. The molecule has 236 valence electrons. The Kier molecular flexibility index (Phi) is 6.90. The van der Waals surface area contributed by atoms with E-state index in [4.69, 9.17) is 10.3 Å². The number of carbonyl (C=O) groups excluding carboxylic acids is 1. The summed E-state index contributed by atoms with van der Waals surface area (Å²) < 4.78 is 88.8. The number of primary amides is 1. The first-order valence-electron chi connectivity index (χ1n) is 15.0. The molecule has 3 fully saturated rings. The predicted molar refractivity (Wildman–Crippen MR) is 154 cm³/mol. The molecule has 45 heavy (non-hydrogen) atoms. The van der Waals surface area contributed by atoms with Gasteiger partial charge in [-0.1, -0.05) is 23.4 Å². The minimum atomic E-state index is -4.69. The maximum absolute atomic E-state index is 13.9. The molecule has 0 radical (unpaired) electrons. The second-order valence-electron chi connectivity index (χ2n) is 12.8. The first kappa shape index (κ1) is 29.6. The summed E-state index contributed by atoms with van der Waals surface area (Å²) in [5.41, 5.74) is 5.01. The molecule has 0 bridgehead atoms. The third-order valence-corrected chi connectivity index (χ3v) is 9.73. The molecule has 2 aromatic carbocycles. The Morgan fingerprint density at radius 2 is 1.64 bits per heavy atom. The molecule has 12 heteroatoms. The number of halogens is 6. The summed E-state index contributed by atoms with van der Waals surface area (Å²) in [7, 11) is 0. The summed E-state index contributed by atoms with van der Waals surface area (Å²) >= 11 is 0. The van der Waals surface area contributed by atoms with Gasteiger partial charge in [0, 0.05) is 41.2 Å². The fraction of sp³-hybridized carbons (Fsp3) is 0.424. The van der Waals surface area contributed by atoms with Crippen LogP contribution in [0.25, 0.3) is 22.2 Å². The van der Waals surface area contributed by atoms with E-state index in [1.165, 1.54) is 24.3 Å². The molecular weight excluding hydrogens is 598 g/mol. The number of hydrogen-bond donors (Lipinski definition) is 1. The average molecular weight is 629 g/mol. The summed E-state index contributed by atoms with van der Waals surface area (Å²) in [6.45, 7) is 1.33.